The van der Waals surface area contributed by atoms with E-state index < -0.39 is 16.8 Å². The van der Waals surface area contributed by atoms with Crippen molar-refractivity contribution in [2.75, 3.05) is 5.32 Å². The highest BCUT2D eigenvalue weighted by Crippen LogP contribution is 2.31. The predicted molar refractivity (Wildman–Crippen MR) is 80.9 cm³/mol. The van der Waals surface area contributed by atoms with Gasteiger partial charge in [0.05, 0.1) is 10.5 Å². The fourth-order valence-corrected chi connectivity index (χ4v) is 1.83. The number of amides is 1. The second-order valence-electron chi connectivity index (χ2n) is 4.55. The van der Waals surface area contributed by atoms with Crippen molar-refractivity contribution in [1.29, 1.82) is 0 Å². The van der Waals surface area contributed by atoms with E-state index in [9.17, 15) is 19.7 Å². The average molecular weight is 316 g/mol. The molecule has 0 saturated carbocycles. The van der Waals surface area contributed by atoms with Crippen LogP contribution in [0.1, 0.15) is 17.3 Å². The minimum absolute atomic E-state index is 0.0159. The molecule has 23 heavy (non-hydrogen) atoms. The van der Waals surface area contributed by atoms with E-state index in [-0.39, 0.29) is 22.7 Å². The molecule has 8 nitrogen and oxygen atoms in total. The molecule has 0 heterocycles. The molecule has 8 heteroatoms. The molecular formula is C15H12N2O6. The summed E-state index contributed by atoms with van der Waals surface area (Å²) in [4.78, 5) is 32.2. The Balaban J connectivity index is 2.27. The third-order valence-corrected chi connectivity index (χ3v) is 2.81. The maximum Gasteiger partial charge on any atom is 0.335 e. The fraction of sp³-hybridized carbons (Fsp3) is 0.0667. The Labute approximate surface area is 130 Å². The Hall–Kier alpha value is -3.42. The SMILES string of the molecule is CC(=O)Nc1cc(Oc2ccc(C(=O)O)cc2)ccc1[N+](=O)[O-]. The first-order valence-corrected chi connectivity index (χ1v) is 6.44. The van der Waals surface area contributed by atoms with E-state index in [2.05, 4.69) is 5.32 Å². The third-order valence-electron chi connectivity index (χ3n) is 2.81. The summed E-state index contributed by atoms with van der Waals surface area (Å²) in [6, 6.07) is 9.59. The van der Waals surface area contributed by atoms with Gasteiger partial charge in [-0.05, 0) is 30.3 Å². The van der Waals surface area contributed by atoms with Crippen molar-refractivity contribution >= 4 is 23.3 Å². The second kappa shape index (κ2) is 6.56. The highest BCUT2D eigenvalue weighted by atomic mass is 16.6. The number of carbonyl (C=O) groups excluding carboxylic acids is 1. The van der Waals surface area contributed by atoms with Gasteiger partial charge in [0.15, 0.2) is 0 Å². The number of ether oxygens (including phenoxy) is 1. The lowest BCUT2D eigenvalue weighted by Gasteiger charge is -2.09. The molecule has 0 fully saturated rings. The van der Waals surface area contributed by atoms with Crippen LogP contribution in [0, 0.1) is 10.1 Å². The second-order valence-corrected chi connectivity index (χ2v) is 4.55. The average Bonchev–Trinajstić information content (AvgIpc) is 2.47. The molecule has 1 amide bonds. The molecule has 0 unspecified atom stereocenters. The molecule has 0 aromatic heterocycles. The van der Waals surface area contributed by atoms with Gasteiger partial charge in [0.2, 0.25) is 5.91 Å². The van der Waals surface area contributed by atoms with E-state index in [0.717, 1.165) is 0 Å². The number of benzene rings is 2. The molecule has 0 bridgehead atoms. The molecule has 2 aromatic carbocycles. The van der Waals surface area contributed by atoms with Crippen LogP contribution in [0.2, 0.25) is 0 Å². The molecule has 0 radical (unpaired) electrons. The molecule has 0 spiro atoms. The Morgan fingerprint density at radius 2 is 1.74 bits per heavy atom. The monoisotopic (exact) mass is 316 g/mol. The van der Waals surface area contributed by atoms with Crippen molar-refractivity contribution < 1.29 is 24.4 Å². The van der Waals surface area contributed by atoms with Gasteiger partial charge in [-0.25, -0.2) is 4.79 Å². The van der Waals surface area contributed by atoms with Crippen molar-refractivity contribution in [3.05, 3.63) is 58.1 Å². The van der Waals surface area contributed by atoms with Gasteiger partial charge in [-0.1, -0.05) is 0 Å². The van der Waals surface area contributed by atoms with E-state index in [1.54, 1.807) is 0 Å². The molecule has 2 aromatic rings. The largest absolute Gasteiger partial charge is 0.478 e. The lowest BCUT2D eigenvalue weighted by molar-refractivity contribution is -0.383. The maximum atomic E-state index is 11.1. The van der Waals surface area contributed by atoms with Crippen LogP contribution in [0.15, 0.2) is 42.5 Å². The summed E-state index contributed by atoms with van der Waals surface area (Å²) in [5.41, 5.74) is -0.129. The van der Waals surface area contributed by atoms with E-state index in [4.69, 9.17) is 9.84 Å². The van der Waals surface area contributed by atoms with Gasteiger partial charge in [0.25, 0.3) is 5.69 Å². The molecule has 0 aliphatic rings. The van der Waals surface area contributed by atoms with Crippen LogP contribution in [-0.2, 0) is 4.79 Å². The van der Waals surface area contributed by atoms with Gasteiger partial charge in [0, 0.05) is 19.1 Å². The van der Waals surface area contributed by atoms with E-state index in [1.165, 1.54) is 49.4 Å². The molecule has 118 valence electrons. The van der Waals surface area contributed by atoms with Crippen LogP contribution in [-0.4, -0.2) is 21.9 Å². The summed E-state index contributed by atoms with van der Waals surface area (Å²) in [5, 5.41) is 22.1. The Kier molecular flexibility index (Phi) is 4.55. The maximum absolute atomic E-state index is 11.1. The van der Waals surface area contributed by atoms with Crippen LogP contribution < -0.4 is 10.1 Å². The number of carboxylic acid groups (broad SMARTS) is 1. The number of carboxylic acids is 1. The number of anilines is 1. The zero-order valence-corrected chi connectivity index (χ0v) is 12.0. The van der Waals surface area contributed by atoms with Crippen molar-refractivity contribution in [3.8, 4) is 11.5 Å². The number of carbonyl (C=O) groups is 2. The zero-order valence-electron chi connectivity index (χ0n) is 12.0. The lowest BCUT2D eigenvalue weighted by Crippen LogP contribution is -2.08. The number of hydrogen-bond acceptors (Lipinski definition) is 5. The van der Waals surface area contributed by atoms with Gasteiger partial charge >= 0.3 is 5.97 Å². The van der Waals surface area contributed by atoms with Crippen LogP contribution in [0.4, 0.5) is 11.4 Å². The van der Waals surface area contributed by atoms with Crippen LogP contribution >= 0.6 is 0 Å². The normalized spacial score (nSPS) is 9.96. The van der Waals surface area contributed by atoms with Gasteiger partial charge in [0.1, 0.15) is 17.2 Å². The lowest BCUT2D eigenvalue weighted by atomic mass is 10.2. The first kappa shape index (κ1) is 16.0. The van der Waals surface area contributed by atoms with Crippen LogP contribution in [0.3, 0.4) is 0 Å². The first-order chi connectivity index (χ1) is 10.9. The summed E-state index contributed by atoms with van der Waals surface area (Å²) in [5.74, 6) is -0.879. The Morgan fingerprint density at radius 3 is 2.26 bits per heavy atom. The van der Waals surface area contributed by atoms with Crippen molar-refractivity contribution in [2.45, 2.75) is 6.92 Å². The van der Waals surface area contributed by atoms with Crippen molar-refractivity contribution in [3.63, 3.8) is 0 Å². The number of nitrogens with one attached hydrogen (secondary N) is 1. The van der Waals surface area contributed by atoms with Gasteiger partial charge < -0.3 is 15.2 Å². The predicted octanol–water partition coefficient (Wildman–Crippen LogP) is 3.04. The van der Waals surface area contributed by atoms with Crippen molar-refractivity contribution in [1.82, 2.24) is 0 Å². The standard InChI is InChI=1S/C15H12N2O6/c1-9(18)16-13-8-12(6-7-14(13)17(21)22)23-11-4-2-10(3-5-11)15(19)20/h2-8H,1H3,(H,16,18)(H,19,20). The first-order valence-electron chi connectivity index (χ1n) is 6.44. The van der Waals surface area contributed by atoms with E-state index in [0.29, 0.717) is 5.75 Å². The molecule has 2 N–H and O–H groups in total. The molecule has 2 rings (SSSR count). The molecule has 0 atom stereocenters. The molecule has 0 aliphatic carbocycles. The third kappa shape index (κ3) is 4.03. The molecule has 0 aliphatic heterocycles. The Morgan fingerprint density at radius 1 is 1.13 bits per heavy atom. The summed E-state index contributed by atoms with van der Waals surface area (Å²) in [7, 11) is 0. The van der Waals surface area contributed by atoms with Gasteiger partial charge in [-0.15, -0.1) is 0 Å². The van der Waals surface area contributed by atoms with Crippen molar-refractivity contribution in [2.24, 2.45) is 0 Å². The van der Waals surface area contributed by atoms with Gasteiger partial charge in [-0.3, -0.25) is 14.9 Å². The summed E-state index contributed by atoms with van der Waals surface area (Å²) in [6.07, 6.45) is 0. The highest BCUT2D eigenvalue weighted by Gasteiger charge is 2.16. The quantitative estimate of drug-likeness (QED) is 0.646. The topological polar surface area (TPSA) is 119 Å². The number of nitro benzene ring substituents is 1. The van der Waals surface area contributed by atoms with E-state index >= 15 is 0 Å². The summed E-state index contributed by atoms with van der Waals surface area (Å²) in [6.45, 7) is 1.24. The minimum atomic E-state index is -1.06. The minimum Gasteiger partial charge on any atom is -0.478 e. The smallest absolute Gasteiger partial charge is 0.335 e. The highest BCUT2D eigenvalue weighted by molar-refractivity contribution is 5.91. The summed E-state index contributed by atoms with van der Waals surface area (Å²) >= 11 is 0. The van der Waals surface area contributed by atoms with E-state index in [1.807, 2.05) is 0 Å². The molecule has 0 saturated heterocycles. The summed E-state index contributed by atoms with van der Waals surface area (Å²) < 4.78 is 5.50. The number of hydrogen-bond donors (Lipinski definition) is 2. The fourth-order valence-electron chi connectivity index (χ4n) is 1.83. The molecular weight excluding hydrogens is 304 g/mol. The van der Waals surface area contributed by atoms with Gasteiger partial charge in [-0.2, -0.15) is 0 Å². The zero-order chi connectivity index (χ0) is 17.0. The number of rotatable bonds is 5. The van der Waals surface area contributed by atoms with Crippen LogP contribution in [0.5, 0.6) is 11.5 Å². The number of nitrogens with zero attached hydrogens (tertiary/aromatic N) is 1. The number of aromatic carboxylic acids is 1. The van der Waals surface area contributed by atoms with Crippen LogP contribution in [0.25, 0.3) is 0 Å². The Bertz CT molecular complexity index is 770. The number of nitro groups is 1.